The lowest BCUT2D eigenvalue weighted by Crippen LogP contribution is -2.13. The van der Waals surface area contributed by atoms with Gasteiger partial charge in [0, 0.05) is 0 Å². The molecule has 0 bridgehead atoms. The zero-order valence-corrected chi connectivity index (χ0v) is 10.4. The summed E-state index contributed by atoms with van der Waals surface area (Å²) in [4.78, 5) is 0.238. The molecule has 0 amide bonds. The Morgan fingerprint density at radius 2 is 1.81 bits per heavy atom. The second kappa shape index (κ2) is 3.86. The summed E-state index contributed by atoms with van der Waals surface area (Å²) in [6.45, 7) is 4.25. The number of rotatable bonds is 4. The Bertz CT molecular complexity index is 469. The largest absolute Gasteiger partial charge is 0.296 e. The van der Waals surface area contributed by atoms with Crippen LogP contribution in [0, 0.1) is 12.3 Å². The number of hydrogen-bond donors (Lipinski definition) is 0. The quantitative estimate of drug-likeness (QED) is 0.759. The zero-order valence-electron chi connectivity index (χ0n) is 9.56. The fraction of sp³-hybridized carbons (Fsp3) is 0.500. The first kappa shape index (κ1) is 11.6. The zero-order chi connectivity index (χ0) is 11.8. The predicted molar refractivity (Wildman–Crippen MR) is 61.7 cm³/mol. The van der Waals surface area contributed by atoms with E-state index in [0.717, 1.165) is 18.4 Å². The first-order valence-electron chi connectivity index (χ1n) is 5.37. The van der Waals surface area contributed by atoms with E-state index in [9.17, 15) is 8.42 Å². The van der Waals surface area contributed by atoms with Gasteiger partial charge in [-0.05, 0) is 37.3 Å². The third kappa shape index (κ3) is 2.62. The van der Waals surface area contributed by atoms with Gasteiger partial charge in [-0.15, -0.1) is 0 Å². The minimum absolute atomic E-state index is 0.0811. The fourth-order valence-electron chi connectivity index (χ4n) is 1.35. The summed E-state index contributed by atoms with van der Waals surface area (Å²) in [5.41, 5.74) is 1.12. The Morgan fingerprint density at radius 3 is 2.31 bits per heavy atom. The van der Waals surface area contributed by atoms with Crippen molar-refractivity contribution >= 4 is 10.1 Å². The number of aryl methyl sites for hydroxylation is 1. The topological polar surface area (TPSA) is 43.4 Å². The Hall–Kier alpha value is -0.870. The van der Waals surface area contributed by atoms with Crippen LogP contribution < -0.4 is 0 Å². The van der Waals surface area contributed by atoms with Crippen LogP contribution in [0.3, 0.4) is 0 Å². The average molecular weight is 240 g/mol. The highest BCUT2D eigenvalue weighted by Crippen LogP contribution is 2.45. The maximum absolute atomic E-state index is 11.8. The molecule has 0 atom stereocenters. The summed E-state index contributed by atoms with van der Waals surface area (Å²) < 4.78 is 28.6. The predicted octanol–water partition coefficient (Wildman–Crippen LogP) is 2.50. The molecule has 0 unspecified atom stereocenters. The molecule has 1 aliphatic carbocycles. The van der Waals surface area contributed by atoms with Gasteiger partial charge in [-0.2, -0.15) is 8.42 Å². The van der Waals surface area contributed by atoms with Crippen molar-refractivity contribution in [2.75, 3.05) is 6.61 Å². The van der Waals surface area contributed by atoms with E-state index in [1.165, 1.54) is 0 Å². The third-order valence-corrected chi connectivity index (χ3v) is 4.25. The van der Waals surface area contributed by atoms with Gasteiger partial charge >= 0.3 is 0 Å². The summed E-state index contributed by atoms with van der Waals surface area (Å²) >= 11 is 0. The van der Waals surface area contributed by atoms with Crippen LogP contribution in [0.4, 0.5) is 0 Å². The first-order chi connectivity index (χ1) is 7.41. The van der Waals surface area contributed by atoms with Crippen molar-refractivity contribution in [3.63, 3.8) is 0 Å². The highest BCUT2D eigenvalue weighted by Gasteiger charge is 2.39. The van der Waals surface area contributed by atoms with Crippen molar-refractivity contribution in [3.8, 4) is 0 Å². The molecule has 0 radical (unpaired) electrons. The van der Waals surface area contributed by atoms with E-state index < -0.39 is 10.1 Å². The standard InChI is InChI=1S/C12H16O3S/c1-10-3-5-11(6-4-10)16(13,14)15-9-12(2)7-8-12/h3-6H,7-9H2,1-2H3. The van der Waals surface area contributed by atoms with Crippen LogP contribution in [0.2, 0.25) is 0 Å². The molecule has 2 rings (SSSR count). The Morgan fingerprint density at radius 1 is 1.25 bits per heavy atom. The third-order valence-electron chi connectivity index (χ3n) is 2.98. The van der Waals surface area contributed by atoms with Crippen LogP contribution in [-0.4, -0.2) is 15.0 Å². The molecule has 4 heteroatoms. The van der Waals surface area contributed by atoms with Gasteiger partial charge in [0.1, 0.15) is 0 Å². The fourth-order valence-corrected chi connectivity index (χ4v) is 2.40. The molecule has 88 valence electrons. The lowest BCUT2D eigenvalue weighted by atomic mass is 10.2. The second-order valence-electron chi connectivity index (χ2n) is 4.84. The monoisotopic (exact) mass is 240 g/mol. The number of benzene rings is 1. The summed E-state index contributed by atoms with van der Waals surface area (Å²) in [7, 11) is -3.57. The Kier molecular flexibility index (Phi) is 2.80. The Balaban J connectivity index is 2.09. The lowest BCUT2D eigenvalue weighted by molar-refractivity contribution is 0.252. The molecule has 1 aromatic rings. The van der Waals surface area contributed by atoms with Crippen molar-refractivity contribution in [2.24, 2.45) is 5.41 Å². The van der Waals surface area contributed by atoms with Gasteiger partial charge in [0.25, 0.3) is 10.1 Å². The van der Waals surface area contributed by atoms with Crippen LogP contribution in [0.1, 0.15) is 25.3 Å². The summed E-state index contributed by atoms with van der Waals surface area (Å²) in [6.07, 6.45) is 2.10. The van der Waals surface area contributed by atoms with Crippen molar-refractivity contribution in [1.29, 1.82) is 0 Å². The molecule has 1 fully saturated rings. The van der Waals surface area contributed by atoms with Crippen LogP contribution in [0.15, 0.2) is 29.2 Å². The summed E-state index contributed by atoms with van der Waals surface area (Å²) in [5.74, 6) is 0. The lowest BCUT2D eigenvalue weighted by Gasteiger charge is -2.09. The summed E-state index contributed by atoms with van der Waals surface area (Å²) in [5, 5.41) is 0. The molecular formula is C12H16O3S. The van der Waals surface area contributed by atoms with Gasteiger partial charge in [0.2, 0.25) is 0 Å². The van der Waals surface area contributed by atoms with Crippen LogP contribution >= 0.6 is 0 Å². The maximum Gasteiger partial charge on any atom is 0.296 e. The minimum atomic E-state index is -3.57. The van der Waals surface area contributed by atoms with E-state index in [0.29, 0.717) is 6.61 Å². The van der Waals surface area contributed by atoms with Gasteiger partial charge in [-0.3, -0.25) is 4.18 Å². The van der Waals surface area contributed by atoms with Crippen molar-refractivity contribution in [3.05, 3.63) is 29.8 Å². The molecule has 0 heterocycles. The maximum atomic E-state index is 11.8. The molecule has 0 aromatic heterocycles. The molecule has 0 aliphatic heterocycles. The highest BCUT2D eigenvalue weighted by atomic mass is 32.2. The van der Waals surface area contributed by atoms with Gasteiger partial charge in [0.15, 0.2) is 0 Å². The highest BCUT2D eigenvalue weighted by molar-refractivity contribution is 7.86. The van der Waals surface area contributed by atoms with E-state index >= 15 is 0 Å². The van der Waals surface area contributed by atoms with Crippen LogP contribution in [0.5, 0.6) is 0 Å². The van der Waals surface area contributed by atoms with E-state index in [-0.39, 0.29) is 10.3 Å². The van der Waals surface area contributed by atoms with Gasteiger partial charge in [0.05, 0.1) is 11.5 Å². The molecule has 3 nitrogen and oxygen atoms in total. The Labute approximate surface area is 96.6 Å². The average Bonchev–Trinajstić information content (AvgIpc) is 2.96. The van der Waals surface area contributed by atoms with Gasteiger partial charge in [-0.1, -0.05) is 24.6 Å². The second-order valence-corrected chi connectivity index (χ2v) is 6.46. The molecular weight excluding hydrogens is 224 g/mol. The van der Waals surface area contributed by atoms with Crippen LogP contribution in [0.25, 0.3) is 0 Å². The van der Waals surface area contributed by atoms with E-state index in [1.807, 2.05) is 13.8 Å². The van der Waals surface area contributed by atoms with Crippen molar-refractivity contribution in [1.82, 2.24) is 0 Å². The first-order valence-corrected chi connectivity index (χ1v) is 6.78. The minimum Gasteiger partial charge on any atom is -0.266 e. The molecule has 0 saturated heterocycles. The van der Waals surface area contributed by atoms with Crippen LogP contribution in [-0.2, 0) is 14.3 Å². The molecule has 1 aliphatic rings. The SMILES string of the molecule is Cc1ccc(S(=O)(=O)OCC2(C)CC2)cc1. The van der Waals surface area contributed by atoms with E-state index in [2.05, 4.69) is 0 Å². The molecule has 1 aromatic carbocycles. The molecule has 16 heavy (non-hydrogen) atoms. The van der Waals surface area contributed by atoms with Gasteiger partial charge in [-0.25, -0.2) is 0 Å². The number of hydrogen-bond acceptors (Lipinski definition) is 3. The summed E-state index contributed by atoms with van der Waals surface area (Å²) in [6, 6.07) is 6.71. The van der Waals surface area contributed by atoms with Crippen molar-refractivity contribution in [2.45, 2.75) is 31.6 Å². The normalized spacial score (nSPS) is 18.4. The van der Waals surface area contributed by atoms with Crippen molar-refractivity contribution < 1.29 is 12.6 Å². The van der Waals surface area contributed by atoms with E-state index in [4.69, 9.17) is 4.18 Å². The molecule has 1 saturated carbocycles. The van der Waals surface area contributed by atoms with Gasteiger partial charge < -0.3 is 0 Å². The van der Waals surface area contributed by atoms with E-state index in [1.54, 1.807) is 24.3 Å². The smallest absolute Gasteiger partial charge is 0.266 e. The molecule has 0 N–H and O–H groups in total. The molecule has 0 spiro atoms.